The Morgan fingerprint density at radius 3 is 2.22 bits per heavy atom. The van der Waals surface area contributed by atoms with Gasteiger partial charge in [-0.05, 0) is 37.2 Å². The summed E-state index contributed by atoms with van der Waals surface area (Å²) in [5, 5.41) is 0. The summed E-state index contributed by atoms with van der Waals surface area (Å²) in [7, 11) is 0. The lowest BCUT2D eigenvalue weighted by Gasteiger charge is -2.26. The van der Waals surface area contributed by atoms with Gasteiger partial charge in [0.05, 0.1) is 0 Å². The summed E-state index contributed by atoms with van der Waals surface area (Å²) >= 11 is 0. The molecule has 0 aromatic carbocycles. The van der Waals surface area contributed by atoms with Crippen molar-refractivity contribution in [2.24, 2.45) is 11.8 Å². The largest absolute Gasteiger partial charge is 0.299 e. The van der Waals surface area contributed by atoms with E-state index < -0.39 is 0 Å². The third kappa shape index (κ3) is 5.20. The number of hydrogen-bond acceptors (Lipinski definition) is 1. The Morgan fingerprint density at radius 1 is 1.06 bits per heavy atom. The van der Waals surface area contributed by atoms with Gasteiger partial charge in [-0.1, -0.05) is 52.8 Å². The average Bonchev–Trinajstić information content (AvgIpc) is 2.44. The normalized spacial score (nSPS) is 26.3. The number of Topliss-reactive ketones (excluding diaryl/α,β-unsaturated/α-hetero) is 1. The maximum absolute atomic E-state index is 11.8. The Labute approximate surface area is 113 Å². The van der Waals surface area contributed by atoms with E-state index in [1.807, 2.05) is 27.7 Å². The molecule has 0 saturated heterocycles. The molecule has 0 amide bonds. The van der Waals surface area contributed by atoms with Gasteiger partial charge in [0, 0.05) is 12.3 Å². The molecule has 0 N–H and O–H groups in total. The van der Waals surface area contributed by atoms with E-state index in [0.717, 1.165) is 25.7 Å². The fraction of sp³-hybridized carbons (Fsp3) is 0.706. The zero-order chi connectivity index (χ0) is 14.0. The van der Waals surface area contributed by atoms with Gasteiger partial charge in [-0.2, -0.15) is 0 Å². The van der Waals surface area contributed by atoms with Gasteiger partial charge in [0.15, 0.2) is 0 Å². The van der Waals surface area contributed by atoms with E-state index in [9.17, 15) is 4.79 Å². The zero-order valence-electron chi connectivity index (χ0n) is 12.8. The van der Waals surface area contributed by atoms with Gasteiger partial charge in [-0.3, -0.25) is 4.79 Å². The van der Waals surface area contributed by atoms with Gasteiger partial charge in [0.2, 0.25) is 0 Å². The van der Waals surface area contributed by atoms with Crippen LogP contribution in [-0.4, -0.2) is 5.78 Å². The lowest BCUT2D eigenvalue weighted by atomic mass is 9.77. The standard InChI is InChI=1S/C13H18O.2C2H6/c1-10-7-8-12(13(14)9-10)11-5-3-2-4-6-11;2*1-2/h3,5-6,10,12H,2,4,7-9H2,1H3;2*1-2H3. The fourth-order valence-electron chi connectivity index (χ4n) is 2.44. The molecular weight excluding hydrogens is 220 g/mol. The van der Waals surface area contributed by atoms with E-state index in [1.165, 1.54) is 12.0 Å². The maximum Gasteiger partial charge on any atom is 0.140 e. The molecule has 2 aliphatic carbocycles. The summed E-state index contributed by atoms with van der Waals surface area (Å²) in [6, 6.07) is 0. The summed E-state index contributed by atoms with van der Waals surface area (Å²) in [5.74, 6) is 1.29. The van der Waals surface area contributed by atoms with Gasteiger partial charge in [0.1, 0.15) is 5.78 Å². The molecule has 0 aromatic heterocycles. The van der Waals surface area contributed by atoms with E-state index in [-0.39, 0.29) is 5.92 Å². The van der Waals surface area contributed by atoms with Gasteiger partial charge in [-0.15, -0.1) is 0 Å². The molecular formula is C17H30O. The predicted octanol–water partition coefficient (Wildman–Crippen LogP) is 5.32. The van der Waals surface area contributed by atoms with Gasteiger partial charge in [-0.25, -0.2) is 0 Å². The van der Waals surface area contributed by atoms with Crippen molar-refractivity contribution >= 4 is 5.78 Å². The van der Waals surface area contributed by atoms with Crippen LogP contribution in [0.5, 0.6) is 0 Å². The van der Waals surface area contributed by atoms with Crippen LogP contribution in [0.1, 0.15) is 66.7 Å². The highest BCUT2D eigenvalue weighted by atomic mass is 16.1. The lowest BCUT2D eigenvalue weighted by molar-refractivity contribution is -0.124. The molecule has 104 valence electrons. The molecule has 0 aromatic rings. The summed E-state index contributed by atoms with van der Waals surface area (Å²) in [5.41, 5.74) is 1.29. The first-order valence-corrected chi connectivity index (χ1v) is 7.66. The number of allylic oxidation sites excluding steroid dienone is 4. The highest BCUT2D eigenvalue weighted by Gasteiger charge is 2.28. The molecule has 2 unspecified atom stereocenters. The first-order chi connectivity index (χ1) is 8.77. The quantitative estimate of drug-likeness (QED) is 0.615. The maximum atomic E-state index is 11.8. The molecule has 0 aliphatic heterocycles. The molecule has 1 saturated carbocycles. The van der Waals surface area contributed by atoms with Gasteiger partial charge < -0.3 is 0 Å². The smallest absolute Gasteiger partial charge is 0.140 e. The van der Waals surface area contributed by atoms with Crippen LogP contribution in [0.15, 0.2) is 23.8 Å². The molecule has 18 heavy (non-hydrogen) atoms. The Hall–Kier alpha value is -0.850. The second kappa shape index (κ2) is 10.1. The molecule has 0 bridgehead atoms. The van der Waals surface area contributed by atoms with Crippen molar-refractivity contribution in [3.05, 3.63) is 23.8 Å². The van der Waals surface area contributed by atoms with Crippen LogP contribution < -0.4 is 0 Å². The Morgan fingerprint density at radius 2 is 1.72 bits per heavy atom. The monoisotopic (exact) mass is 250 g/mol. The summed E-state index contributed by atoms with van der Waals surface area (Å²) in [6.45, 7) is 10.2. The van der Waals surface area contributed by atoms with Crippen LogP contribution in [0.2, 0.25) is 0 Å². The van der Waals surface area contributed by atoms with Crippen molar-refractivity contribution in [1.82, 2.24) is 0 Å². The van der Waals surface area contributed by atoms with Crippen LogP contribution in [0.25, 0.3) is 0 Å². The second-order valence-corrected chi connectivity index (χ2v) is 4.59. The minimum Gasteiger partial charge on any atom is -0.299 e. The molecule has 1 heteroatoms. The summed E-state index contributed by atoms with van der Waals surface area (Å²) in [4.78, 5) is 11.8. The Kier molecular flexibility index (Phi) is 9.63. The predicted molar refractivity (Wildman–Crippen MR) is 80.7 cm³/mol. The lowest BCUT2D eigenvalue weighted by Crippen LogP contribution is -2.25. The van der Waals surface area contributed by atoms with Crippen molar-refractivity contribution < 1.29 is 4.79 Å². The molecule has 0 radical (unpaired) electrons. The SMILES string of the molecule is CC.CC.CC1CCC(C2=CCCC=C2)C(=O)C1. The van der Waals surface area contributed by atoms with Crippen LogP contribution in [-0.2, 0) is 4.79 Å². The minimum atomic E-state index is 0.225. The number of carbonyl (C=O) groups is 1. The van der Waals surface area contributed by atoms with Crippen molar-refractivity contribution in [2.45, 2.75) is 66.7 Å². The van der Waals surface area contributed by atoms with Crippen molar-refractivity contribution in [1.29, 1.82) is 0 Å². The molecule has 2 atom stereocenters. The van der Waals surface area contributed by atoms with Crippen molar-refractivity contribution in [3.8, 4) is 0 Å². The molecule has 0 spiro atoms. The van der Waals surface area contributed by atoms with E-state index in [2.05, 4.69) is 25.2 Å². The minimum absolute atomic E-state index is 0.225. The molecule has 1 fully saturated rings. The fourth-order valence-corrected chi connectivity index (χ4v) is 2.44. The van der Waals surface area contributed by atoms with E-state index in [4.69, 9.17) is 0 Å². The van der Waals surface area contributed by atoms with Crippen LogP contribution >= 0.6 is 0 Å². The Bertz CT molecular complexity index is 286. The highest BCUT2D eigenvalue weighted by Crippen LogP contribution is 2.32. The van der Waals surface area contributed by atoms with E-state index in [0.29, 0.717) is 11.7 Å². The highest BCUT2D eigenvalue weighted by molar-refractivity contribution is 5.85. The molecule has 2 rings (SSSR count). The number of ketones is 1. The van der Waals surface area contributed by atoms with Gasteiger partial charge in [0.25, 0.3) is 0 Å². The number of hydrogen-bond donors (Lipinski definition) is 0. The van der Waals surface area contributed by atoms with Crippen molar-refractivity contribution in [3.63, 3.8) is 0 Å². The molecule has 2 aliphatic rings. The number of rotatable bonds is 1. The number of carbonyl (C=O) groups excluding carboxylic acids is 1. The average molecular weight is 250 g/mol. The molecule has 1 nitrogen and oxygen atoms in total. The van der Waals surface area contributed by atoms with Gasteiger partial charge >= 0.3 is 0 Å². The van der Waals surface area contributed by atoms with E-state index >= 15 is 0 Å². The van der Waals surface area contributed by atoms with Crippen LogP contribution in [0, 0.1) is 11.8 Å². The zero-order valence-corrected chi connectivity index (χ0v) is 12.8. The molecule has 0 heterocycles. The third-order valence-corrected chi connectivity index (χ3v) is 3.31. The van der Waals surface area contributed by atoms with Crippen LogP contribution in [0.4, 0.5) is 0 Å². The first-order valence-electron chi connectivity index (χ1n) is 7.66. The Balaban J connectivity index is 0.000000659. The summed E-state index contributed by atoms with van der Waals surface area (Å²) < 4.78 is 0. The first kappa shape index (κ1) is 17.2. The van der Waals surface area contributed by atoms with E-state index in [1.54, 1.807) is 0 Å². The van der Waals surface area contributed by atoms with Crippen molar-refractivity contribution in [2.75, 3.05) is 0 Å². The van der Waals surface area contributed by atoms with Crippen LogP contribution in [0.3, 0.4) is 0 Å². The third-order valence-electron chi connectivity index (χ3n) is 3.31. The summed E-state index contributed by atoms with van der Waals surface area (Å²) in [6.07, 6.45) is 11.9. The topological polar surface area (TPSA) is 17.1 Å². The second-order valence-electron chi connectivity index (χ2n) is 4.59.